The molecule has 5 nitrogen and oxygen atoms in total. The molecule has 30 heavy (non-hydrogen) atoms. The molecular weight excluding hydrogens is 400 g/mol. The lowest BCUT2D eigenvalue weighted by atomic mass is 9.43. The van der Waals surface area contributed by atoms with E-state index in [2.05, 4.69) is 27.4 Å². The van der Waals surface area contributed by atoms with Crippen LogP contribution in [0, 0.1) is 34.0 Å². The fourth-order valence-electron chi connectivity index (χ4n) is 7.15. The third-order valence-electron chi connectivity index (χ3n) is 9.19. The molecule has 0 saturated heterocycles. The van der Waals surface area contributed by atoms with Crippen LogP contribution in [0.25, 0.3) is 0 Å². The first-order chi connectivity index (χ1) is 13.9. The Morgan fingerprint density at radius 1 is 1.20 bits per heavy atom. The van der Waals surface area contributed by atoms with Gasteiger partial charge in [0.05, 0.1) is 18.0 Å². The molecule has 0 aromatic heterocycles. The van der Waals surface area contributed by atoms with Crippen molar-refractivity contribution in [1.82, 2.24) is 0 Å². The average molecular weight is 439 g/mol. The minimum absolute atomic E-state index is 0.0133. The third kappa shape index (κ3) is 3.57. The summed E-state index contributed by atoms with van der Waals surface area (Å²) >= 11 is 0.953. The molecule has 0 spiro atoms. The van der Waals surface area contributed by atoms with E-state index in [-0.39, 0.29) is 34.0 Å². The maximum absolute atomic E-state index is 12.7. The number of carbonyl (C=O) groups is 2. The first-order valence-electron chi connectivity index (χ1n) is 11.2. The highest BCUT2D eigenvalue weighted by atomic mass is 32.2. The maximum Gasteiger partial charge on any atom is 0.316 e. The van der Waals surface area contributed by atoms with Crippen LogP contribution < -0.4 is 0 Å². The van der Waals surface area contributed by atoms with Crippen molar-refractivity contribution in [3.63, 3.8) is 0 Å². The number of aliphatic hydroxyl groups excluding tert-OH is 2. The Bertz CT molecular complexity index is 710. The largest absolute Gasteiger partial charge is 0.461 e. The standard InChI is InChI=1S/C24H38O5S/c1-7-22(5)12-18(29-19(27)13-30-16(4)25)23(6)14(2)8-10-24(15(3)21(22)28)11-9-17(26)20(23)24/h7,14-15,17-18,20-21,26,28H,1,8-13H2,2-6H3/t14?,15-,17?,18+,20-,21-,22+,23-,24-/m0/s1. The number of thioether (sulfide) groups is 1. The lowest BCUT2D eigenvalue weighted by molar-refractivity contribution is -0.217. The zero-order chi connectivity index (χ0) is 22.5. The Kier molecular flexibility index (Phi) is 6.55. The van der Waals surface area contributed by atoms with Crippen LogP contribution in [0.5, 0.6) is 0 Å². The molecule has 2 unspecified atom stereocenters. The first kappa shape index (κ1) is 23.8. The van der Waals surface area contributed by atoms with Crippen molar-refractivity contribution in [3.05, 3.63) is 12.7 Å². The molecule has 2 bridgehead atoms. The number of ether oxygens (including phenoxy) is 1. The number of carbonyl (C=O) groups excluding carboxylic acids is 2. The molecule has 170 valence electrons. The molecule has 0 aliphatic heterocycles. The van der Waals surface area contributed by atoms with Crippen LogP contribution in [0.4, 0.5) is 0 Å². The summed E-state index contributed by atoms with van der Waals surface area (Å²) in [6, 6.07) is 0. The zero-order valence-corrected chi connectivity index (χ0v) is 19.8. The third-order valence-corrected chi connectivity index (χ3v) is 9.98. The highest BCUT2D eigenvalue weighted by Crippen LogP contribution is 2.68. The Morgan fingerprint density at radius 2 is 1.83 bits per heavy atom. The summed E-state index contributed by atoms with van der Waals surface area (Å²) in [5, 5.41) is 22.5. The molecule has 3 rings (SSSR count). The highest BCUT2D eigenvalue weighted by molar-refractivity contribution is 8.14. The van der Waals surface area contributed by atoms with E-state index < -0.39 is 35.1 Å². The fraction of sp³-hybridized carbons (Fsp3) is 0.833. The predicted octanol–water partition coefficient (Wildman–Crippen LogP) is 3.96. The molecule has 2 N–H and O–H groups in total. The maximum atomic E-state index is 12.7. The lowest BCUT2D eigenvalue weighted by Crippen LogP contribution is -2.63. The van der Waals surface area contributed by atoms with Crippen LogP contribution >= 0.6 is 11.8 Å². The smallest absolute Gasteiger partial charge is 0.316 e. The van der Waals surface area contributed by atoms with Gasteiger partial charge in [-0.1, -0.05) is 45.5 Å². The molecule has 3 aliphatic carbocycles. The van der Waals surface area contributed by atoms with Gasteiger partial charge in [-0.15, -0.1) is 6.58 Å². The number of hydrogen-bond donors (Lipinski definition) is 2. The second-order valence-electron chi connectivity index (χ2n) is 10.5. The Labute approximate surface area is 185 Å². The van der Waals surface area contributed by atoms with Crippen molar-refractivity contribution in [1.29, 1.82) is 0 Å². The van der Waals surface area contributed by atoms with E-state index in [1.165, 1.54) is 6.92 Å². The van der Waals surface area contributed by atoms with Crippen LogP contribution in [0.1, 0.15) is 66.7 Å². The molecule has 3 saturated carbocycles. The van der Waals surface area contributed by atoms with Crippen molar-refractivity contribution in [2.24, 2.45) is 34.0 Å². The van der Waals surface area contributed by atoms with Crippen molar-refractivity contribution >= 4 is 22.8 Å². The molecule has 3 fully saturated rings. The van der Waals surface area contributed by atoms with E-state index in [0.29, 0.717) is 6.42 Å². The Balaban J connectivity index is 2.08. The van der Waals surface area contributed by atoms with Gasteiger partial charge in [0.2, 0.25) is 0 Å². The van der Waals surface area contributed by atoms with Crippen LogP contribution in [0.2, 0.25) is 0 Å². The van der Waals surface area contributed by atoms with Gasteiger partial charge in [0, 0.05) is 17.8 Å². The van der Waals surface area contributed by atoms with Crippen LogP contribution in [-0.2, 0) is 14.3 Å². The minimum Gasteiger partial charge on any atom is -0.461 e. The summed E-state index contributed by atoms with van der Waals surface area (Å²) in [7, 11) is 0. The van der Waals surface area contributed by atoms with Crippen molar-refractivity contribution < 1.29 is 24.5 Å². The fourth-order valence-corrected chi connectivity index (χ4v) is 7.54. The minimum atomic E-state index is -0.631. The van der Waals surface area contributed by atoms with Gasteiger partial charge >= 0.3 is 5.97 Å². The SMILES string of the molecule is C=C[C@]1(C)C[C@@H](OC(=O)CSC(C)=O)[C@]2(C)C(C)CC[C@]3(CCC(O)[C@H]32)[C@@H](C)[C@@H]1O. The number of hydrogen-bond acceptors (Lipinski definition) is 6. The Hall–Kier alpha value is -0.850. The van der Waals surface area contributed by atoms with Gasteiger partial charge < -0.3 is 14.9 Å². The zero-order valence-electron chi connectivity index (χ0n) is 19.0. The van der Waals surface area contributed by atoms with Gasteiger partial charge in [-0.25, -0.2) is 0 Å². The average Bonchev–Trinajstić information content (AvgIpc) is 3.05. The van der Waals surface area contributed by atoms with Crippen molar-refractivity contribution in [3.8, 4) is 0 Å². The summed E-state index contributed by atoms with van der Waals surface area (Å²) in [6.07, 6.45) is 4.26. The molecule has 0 heterocycles. The summed E-state index contributed by atoms with van der Waals surface area (Å²) < 4.78 is 6.09. The lowest BCUT2D eigenvalue weighted by Gasteiger charge is -2.63. The molecule has 0 aromatic carbocycles. The Morgan fingerprint density at radius 3 is 2.43 bits per heavy atom. The van der Waals surface area contributed by atoms with E-state index in [1.807, 2.05) is 13.0 Å². The monoisotopic (exact) mass is 438 g/mol. The topological polar surface area (TPSA) is 83.8 Å². The highest BCUT2D eigenvalue weighted by Gasteiger charge is 2.67. The second kappa shape index (κ2) is 8.25. The normalized spacial score (nSPS) is 48.2. The number of aliphatic hydroxyl groups is 2. The summed E-state index contributed by atoms with van der Waals surface area (Å²) in [5.74, 6) is -0.186. The number of rotatable bonds is 4. The van der Waals surface area contributed by atoms with E-state index in [9.17, 15) is 19.8 Å². The van der Waals surface area contributed by atoms with Gasteiger partial charge in [0.1, 0.15) is 6.10 Å². The van der Waals surface area contributed by atoms with E-state index in [0.717, 1.165) is 37.4 Å². The molecule has 9 atom stereocenters. The molecule has 3 aliphatic rings. The van der Waals surface area contributed by atoms with E-state index >= 15 is 0 Å². The van der Waals surface area contributed by atoms with E-state index in [1.54, 1.807) is 0 Å². The van der Waals surface area contributed by atoms with Crippen LogP contribution in [0.3, 0.4) is 0 Å². The molecule has 6 heteroatoms. The summed E-state index contributed by atoms with van der Waals surface area (Å²) in [5.41, 5.74) is -1.20. The van der Waals surface area contributed by atoms with Gasteiger partial charge in [-0.3, -0.25) is 9.59 Å². The van der Waals surface area contributed by atoms with E-state index in [4.69, 9.17) is 4.74 Å². The van der Waals surface area contributed by atoms with Gasteiger partial charge in [-0.05, 0) is 55.3 Å². The van der Waals surface area contributed by atoms with Crippen molar-refractivity contribution in [2.45, 2.75) is 85.0 Å². The van der Waals surface area contributed by atoms with Crippen LogP contribution in [0.15, 0.2) is 12.7 Å². The van der Waals surface area contributed by atoms with Gasteiger partial charge in [-0.2, -0.15) is 0 Å². The molecule has 0 radical (unpaired) electrons. The van der Waals surface area contributed by atoms with Gasteiger partial charge in [0.15, 0.2) is 5.12 Å². The summed E-state index contributed by atoms with van der Waals surface area (Å²) in [6.45, 7) is 14.0. The predicted molar refractivity (Wildman–Crippen MR) is 119 cm³/mol. The number of esters is 1. The quantitative estimate of drug-likeness (QED) is 0.510. The molecular formula is C24H38O5S. The molecule has 0 aromatic rings. The van der Waals surface area contributed by atoms with Crippen molar-refractivity contribution in [2.75, 3.05) is 5.75 Å². The van der Waals surface area contributed by atoms with Crippen LogP contribution in [-0.4, -0.2) is 45.4 Å². The summed E-state index contributed by atoms with van der Waals surface area (Å²) in [4.78, 5) is 24.0. The first-order valence-corrected chi connectivity index (χ1v) is 12.2. The molecule has 0 amide bonds. The van der Waals surface area contributed by atoms with Gasteiger partial charge in [0.25, 0.3) is 0 Å². The second-order valence-corrected chi connectivity index (χ2v) is 11.7.